The summed E-state index contributed by atoms with van der Waals surface area (Å²) >= 11 is 5.75. The lowest BCUT2D eigenvalue weighted by atomic mass is 10.0. The molecule has 0 spiro atoms. The number of aromatic nitrogens is 5. The third-order valence-corrected chi connectivity index (χ3v) is 4.64. The van der Waals surface area contributed by atoms with Crippen molar-refractivity contribution in [1.29, 1.82) is 0 Å². The molecule has 1 amide bonds. The Hall–Kier alpha value is -2.94. The highest BCUT2D eigenvalue weighted by Gasteiger charge is 2.33. The van der Waals surface area contributed by atoms with E-state index in [1.807, 2.05) is 6.92 Å². The van der Waals surface area contributed by atoms with E-state index in [1.54, 1.807) is 0 Å². The minimum atomic E-state index is -0.672. The van der Waals surface area contributed by atoms with Crippen LogP contribution in [0.2, 0.25) is 5.02 Å². The van der Waals surface area contributed by atoms with Crippen LogP contribution in [0.5, 0.6) is 0 Å². The van der Waals surface area contributed by atoms with E-state index in [0.29, 0.717) is 12.1 Å². The first-order valence-electron chi connectivity index (χ1n) is 8.11. The Morgan fingerprint density at radius 2 is 2.00 bits per heavy atom. The fourth-order valence-corrected chi connectivity index (χ4v) is 3.19. The first-order chi connectivity index (χ1) is 12.9. The van der Waals surface area contributed by atoms with Gasteiger partial charge in [-0.25, -0.2) is 18.7 Å². The Labute approximate surface area is 157 Å². The Kier molecular flexibility index (Phi) is 4.31. The Morgan fingerprint density at radius 1 is 1.26 bits per heavy atom. The van der Waals surface area contributed by atoms with Crippen molar-refractivity contribution >= 4 is 17.5 Å². The van der Waals surface area contributed by atoms with Crippen LogP contribution in [-0.4, -0.2) is 41.8 Å². The summed E-state index contributed by atoms with van der Waals surface area (Å²) < 4.78 is 28.6. The summed E-state index contributed by atoms with van der Waals surface area (Å²) in [4.78, 5) is 22.1. The summed E-state index contributed by atoms with van der Waals surface area (Å²) in [6.45, 7) is 2.01. The lowest BCUT2D eigenvalue weighted by molar-refractivity contribution is 0.0648. The number of rotatable bonds is 2. The van der Waals surface area contributed by atoms with Gasteiger partial charge in [-0.2, -0.15) is 4.68 Å². The van der Waals surface area contributed by atoms with Crippen LogP contribution in [0.15, 0.2) is 30.6 Å². The van der Waals surface area contributed by atoms with Crippen molar-refractivity contribution in [2.24, 2.45) is 0 Å². The molecule has 0 saturated carbocycles. The van der Waals surface area contributed by atoms with Crippen LogP contribution in [0.25, 0.3) is 5.95 Å². The van der Waals surface area contributed by atoms with Crippen molar-refractivity contribution < 1.29 is 13.6 Å². The summed E-state index contributed by atoms with van der Waals surface area (Å²) in [6, 6.07) is 3.71. The molecule has 3 heterocycles. The summed E-state index contributed by atoms with van der Waals surface area (Å²) in [5, 5.41) is 8.32. The molecule has 1 unspecified atom stereocenters. The van der Waals surface area contributed by atoms with Crippen molar-refractivity contribution in [3.05, 3.63) is 64.2 Å². The van der Waals surface area contributed by atoms with Gasteiger partial charge in [-0.1, -0.05) is 16.8 Å². The molecule has 4 rings (SSSR count). The van der Waals surface area contributed by atoms with Crippen LogP contribution in [0, 0.1) is 11.6 Å². The van der Waals surface area contributed by atoms with Crippen molar-refractivity contribution in [2.75, 3.05) is 0 Å². The van der Waals surface area contributed by atoms with Crippen molar-refractivity contribution in [3.63, 3.8) is 0 Å². The fourth-order valence-electron chi connectivity index (χ4n) is 3.03. The molecule has 10 heteroatoms. The summed E-state index contributed by atoms with van der Waals surface area (Å²) in [7, 11) is 0. The van der Waals surface area contributed by atoms with Gasteiger partial charge in [-0.15, -0.1) is 5.10 Å². The Bertz CT molecular complexity index is 1020. The van der Waals surface area contributed by atoms with Crippen LogP contribution >= 0.6 is 11.6 Å². The number of carbonyl (C=O) groups is 1. The number of amides is 1. The summed E-state index contributed by atoms with van der Waals surface area (Å²) in [5.41, 5.74) is 1.24. The third-order valence-electron chi connectivity index (χ3n) is 4.40. The first kappa shape index (κ1) is 17.5. The molecule has 0 radical (unpaired) electrons. The molecule has 1 aliphatic heterocycles. The average molecular weight is 391 g/mol. The zero-order chi connectivity index (χ0) is 19.1. The van der Waals surface area contributed by atoms with E-state index in [2.05, 4.69) is 20.3 Å². The predicted molar refractivity (Wildman–Crippen MR) is 91.4 cm³/mol. The van der Waals surface area contributed by atoms with Crippen LogP contribution in [0.1, 0.15) is 28.7 Å². The molecule has 0 N–H and O–H groups in total. The highest BCUT2D eigenvalue weighted by molar-refractivity contribution is 6.30. The largest absolute Gasteiger partial charge is 0.329 e. The molecule has 7 nitrogen and oxygen atoms in total. The van der Waals surface area contributed by atoms with Gasteiger partial charge in [0.2, 0.25) is 0 Å². The first-order valence-corrected chi connectivity index (χ1v) is 8.49. The van der Waals surface area contributed by atoms with Gasteiger partial charge < -0.3 is 4.90 Å². The number of carbonyl (C=O) groups excluding carboxylic acids is 1. The molecule has 1 aromatic carbocycles. The molecule has 138 valence electrons. The lowest BCUT2D eigenvalue weighted by Gasteiger charge is -2.32. The molecule has 0 bridgehead atoms. The molecule has 3 aromatic rings. The molecule has 27 heavy (non-hydrogen) atoms. The molecular weight excluding hydrogens is 378 g/mol. The van der Waals surface area contributed by atoms with E-state index < -0.39 is 17.5 Å². The second kappa shape index (κ2) is 6.66. The van der Waals surface area contributed by atoms with E-state index in [1.165, 1.54) is 21.7 Å². The maximum Gasteiger partial charge on any atom is 0.257 e. The molecule has 1 aliphatic rings. The van der Waals surface area contributed by atoms with E-state index in [9.17, 15) is 13.6 Å². The maximum absolute atomic E-state index is 14.1. The number of nitrogens with zero attached hydrogens (tertiary/aromatic N) is 6. The van der Waals surface area contributed by atoms with E-state index >= 15 is 0 Å². The highest BCUT2D eigenvalue weighted by Crippen LogP contribution is 2.26. The third kappa shape index (κ3) is 3.14. The van der Waals surface area contributed by atoms with Gasteiger partial charge in [0.1, 0.15) is 11.5 Å². The monoisotopic (exact) mass is 390 g/mol. The normalized spacial score (nSPS) is 16.3. The zero-order valence-corrected chi connectivity index (χ0v) is 14.9. The zero-order valence-electron chi connectivity index (χ0n) is 14.1. The minimum absolute atomic E-state index is 0.0519. The molecule has 0 fully saturated rings. The minimum Gasteiger partial charge on any atom is -0.329 e. The molecule has 0 aliphatic carbocycles. The quantitative estimate of drug-likeness (QED) is 0.672. The number of benzene rings is 1. The average Bonchev–Trinajstić information content (AvgIpc) is 3.04. The topological polar surface area (TPSA) is 76.8 Å². The Balaban J connectivity index is 1.64. The smallest absolute Gasteiger partial charge is 0.257 e. The number of fused-ring (bicyclic) bond motifs is 1. The lowest BCUT2D eigenvalue weighted by Crippen LogP contribution is -2.43. The Morgan fingerprint density at radius 3 is 2.70 bits per heavy atom. The van der Waals surface area contributed by atoms with Crippen LogP contribution in [0.3, 0.4) is 0 Å². The van der Waals surface area contributed by atoms with Gasteiger partial charge in [-0.3, -0.25) is 4.79 Å². The molecule has 1 atom stereocenters. The van der Waals surface area contributed by atoms with E-state index in [0.717, 1.165) is 24.2 Å². The second-order valence-corrected chi connectivity index (χ2v) is 6.64. The van der Waals surface area contributed by atoms with Crippen LogP contribution in [0.4, 0.5) is 8.78 Å². The van der Waals surface area contributed by atoms with Gasteiger partial charge in [0, 0.05) is 17.5 Å². The standard InChI is InChI=1S/C17H13ClF2N6O/c1-9-4-15-14(23-24-26(15)17-21-6-11(19)7-22-17)8-25(9)16(27)12-3-2-10(18)5-13(12)20/h2-3,5-7,9H,4,8H2,1H3. The van der Waals surface area contributed by atoms with E-state index in [4.69, 9.17) is 11.6 Å². The highest BCUT2D eigenvalue weighted by atomic mass is 35.5. The number of hydrogen-bond acceptors (Lipinski definition) is 5. The van der Waals surface area contributed by atoms with Gasteiger partial charge >= 0.3 is 0 Å². The number of halogens is 3. The van der Waals surface area contributed by atoms with Gasteiger partial charge in [0.15, 0.2) is 5.82 Å². The second-order valence-electron chi connectivity index (χ2n) is 6.21. The summed E-state index contributed by atoms with van der Waals surface area (Å²) in [6.07, 6.45) is 2.51. The van der Waals surface area contributed by atoms with Crippen molar-refractivity contribution in [1.82, 2.24) is 29.9 Å². The van der Waals surface area contributed by atoms with Crippen LogP contribution in [-0.2, 0) is 13.0 Å². The number of hydrogen-bond donors (Lipinski definition) is 0. The predicted octanol–water partition coefficient (Wildman–Crippen LogP) is 2.58. The van der Waals surface area contributed by atoms with Crippen LogP contribution < -0.4 is 0 Å². The van der Waals surface area contributed by atoms with Crippen molar-refractivity contribution in [3.8, 4) is 5.95 Å². The van der Waals surface area contributed by atoms with Gasteiger partial charge in [0.25, 0.3) is 11.9 Å². The van der Waals surface area contributed by atoms with E-state index in [-0.39, 0.29) is 29.1 Å². The fraction of sp³-hybridized carbons (Fsp3) is 0.235. The van der Waals surface area contributed by atoms with Crippen molar-refractivity contribution in [2.45, 2.75) is 25.9 Å². The molecule has 2 aromatic heterocycles. The maximum atomic E-state index is 14.1. The molecule has 0 saturated heterocycles. The van der Waals surface area contributed by atoms with Gasteiger partial charge in [0.05, 0.1) is 30.2 Å². The SMILES string of the molecule is CC1Cc2c(nnn2-c2ncc(F)cn2)CN1C(=O)c1ccc(Cl)cc1F. The summed E-state index contributed by atoms with van der Waals surface area (Å²) in [5.74, 6) is -1.48. The molecular formula is C17H13ClF2N6O. The van der Waals surface area contributed by atoms with Gasteiger partial charge in [-0.05, 0) is 25.1 Å².